The van der Waals surface area contributed by atoms with Crippen molar-refractivity contribution in [1.29, 1.82) is 0 Å². The van der Waals surface area contributed by atoms with E-state index in [0.717, 1.165) is 48.4 Å². The summed E-state index contributed by atoms with van der Waals surface area (Å²) < 4.78 is 0. The van der Waals surface area contributed by atoms with Gasteiger partial charge in [0.1, 0.15) is 5.01 Å². The summed E-state index contributed by atoms with van der Waals surface area (Å²) in [6.07, 6.45) is 4.29. The molecule has 2 amide bonds. The quantitative estimate of drug-likeness (QED) is 0.657. The van der Waals surface area contributed by atoms with Crippen LogP contribution >= 0.6 is 11.3 Å². The maximum absolute atomic E-state index is 13.4. The molecule has 1 aliphatic heterocycles. The van der Waals surface area contributed by atoms with Gasteiger partial charge in [-0.1, -0.05) is 72.7 Å². The van der Waals surface area contributed by atoms with Crippen LogP contribution in [0.25, 0.3) is 10.6 Å². The van der Waals surface area contributed by atoms with E-state index in [9.17, 15) is 9.59 Å². The number of anilines is 2. The third-order valence-electron chi connectivity index (χ3n) is 6.25. The molecule has 0 saturated heterocycles. The number of carbonyl (C=O) groups excluding carboxylic acids is 2. The Morgan fingerprint density at radius 2 is 1.68 bits per heavy atom. The average Bonchev–Trinajstić information content (AvgIpc) is 3.46. The van der Waals surface area contributed by atoms with Gasteiger partial charge in [0.25, 0.3) is 0 Å². The maximum Gasteiger partial charge on any atom is 0.230 e. The van der Waals surface area contributed by atoms with Crippen LogP contribution in [-0.4, -0.2) is 28.6 Å². The minimum atomic E-state index is -0.335. The largest absolute Gasteiger partial charge is 0.312 e. The van der Waals surface area contributed by atoms with Gasteiger partial charge in [0.15, 0.2) is 0 Å². The van der Waals surface area contributed by atoms with Gasteiger partial charge in [0.2, 0.25) is 16.9 Å². The standard InChI is InChI=1S/C24H24N4O2S/c29-21(25-24-27-26-22(31-24)17-9-2-1-3-10-17)18-11-5-6-12-19(18)23(30)28-15-14-16-8-4-7-13-20(16)28/h1-4,7-10,13,18-19H,5-6,11-12,14-15H2,(H,25,27,29). The summed E-state index contributed by atoms with van der Waals surface area (Å²) in [5, 5.41) is 12.5. The molecule has 2 atom stereocenters. The van der Waals surface area contributed by atoms with Gasteiger partial charge in [0, 0.05) is 23.7 Å². The van der Waals surface area contributed by atoms with Crippen LogP contribution in [0.2, 0.25) is 0 Å². The fraction of sp³-hybridized carbons (Fsp3) is 0.333. The second kappa shape index (κ2) is 8.59. The maximum atomic E-state index is 13.4. The molecule has 5 rings (SSSR count). The first-order chi connectivity index (χ1) is 15.2. The molecule has 31 heavy (non-hydrogen) atoms. The lowest BCUT2D eigenvalue weighted by Crippen LogP contribution is -2.43. The lowest BCUT2D eigenvalue weighted by molar-refractivity contribution is -0.132. The van der Waals surface area contributed by atoms with Crippen molar-refractivity contribution in [3.63, 3.8) is 0 Å². The monoisotopic (exact) mass is 432 g/mol. The van der Waals surface area contributed by atoms with E-state index in [1.165, 1.54) is 16.9 Å². The molecule has 1 aliphatic carbocycles. The number of fused-ring (bicyclic) bond motifs is 1. The Kier molecular flexibility index (Phi) is 5.51. The van der Waals surface area contributed by atoms with E-state index in [2.05, 4.69) is 21.6 Å². The van der Waals surface area contributed by atoms with E-state index < -0.39 is 0 Å². The molecular formula is C24H24N4O2S. The number of rotatable bonds is 4. The zero-order valence-electron chi connectivity index (χ0n) is 17.2. The van der Waals surface area contributed by atoms with Gasteiger partial charge in [-0.15, -0.1) is 10.2 Å². The SMILES string of the molecule is O=C(Nc1nnc(-c2ccccc2)s1)C1CCCCC1C(=O)N1CCc2ccccc21. The molecule has 0 bridgehead atoms. The van der Waals surface area contributed by atoms with Crippen molar-refractivity contribution in [2.24, 2.45) is 11.8 Å². The number of para-hydroxylation sites is 1. The van der Waals surface area contributed by atoms with Crippen LogP contribution in [0.4, 0.5) is 10.8 Å². The first-order valence-corrected chi connectivity index (χ1v) is 11.6. The number of hydrogen-bond donors (Lipinski definition) is 1. The average molecular weight is 433 g/mol. The van der Waals surface area contributed by atoms with Crippen LogP contribution in [0.5, 0.6) is 0 Å². The molecule has 0 radical (unpaired) electrons. The predicted molar refractivity (Wildman–Crippen MR) is 122 cm³/mol. The summed E-state index contributed by atoms with van der Waals surface area (Å²) in [5.41, 5.74) is 3.17. The Hall–Kier alpha value is -3.06. The van der Waals surface area contributed by atoms with Crippen LogP contribution in [0, 0.1) is 11.8 Å². The van der Waals surface area contributed by atoms with E-state index >= 15 is 0 Å². The summed E-state index contributed by atoms with van der Waals surface area (Å²) in [6.45, 7) is 0.694. The molecule has 0 spiro atoms. The van der Waals surface area contributed by atoms with Gasteiger partial charge in [-0.05, 0) is 30.9 Å². The van der Waals surface area contributed by atoms with Crippen LogP contribution in [-0.2, 0) is 16.0 Å². The molecule has 1 fully saturated rings. The van der Waals surface area contributed by atoms with E-state index in [1.807, 2.05) is 53.4 Å². The summed E-state index contributed by atoms with van der Waals surface area (Å²) in [7, 11) is 0. The van der Waals surface area contributed by atoms with Gasteiger partial charge in [-0.25, -0.2) is 0 Å². The number of benzene rings is 2. The second-order valence-electron chi connectivity index (χ2n) is 8.13. The van der Waals surface area contributed by atoms with Crippen molar-refractivity contribution in [2.75, 3.05) is 16.8 Å². The Balaban J connectivity index is 1.31. The third kappa shape index (κ3) is 3.97. The Morgan fingerprint density at radius 3 is 2.52 bits per heavy atom. The molecule has 2 aromatic carbocycles. The van der Waals surface area contributed by atoms with Crippen molar-refractivity contribution in [1.82, 2.24) is 10.2 Å². The first kappa shape index (κ1) is 19.9. The molecule has 1 saturated carbocycles. The van der Waals surface area contributed by atoms with Gasteiger partial charge in [-0.2, -0.15) is 0 Å². The molecule has 158 valence electrons. The highest BCUT2D eigenvalue weighted by molar-refractivity contribution is 7.18. The number of aromatic nitrogens is 2. The number of nitrogens with zero attached hydrogens (tertiary/aromatic N) is 3. The minimum absolute atomic E-state index is 0.0760. The highest BCUT2D eigenvalue weighted by atomic mass is 32.1. The Bertz CT molecular complexity index is 1100. The predicted octanol–water partition coefficient (Wildman–Crippen LogP) is 4.54. The highest BCUT2D eigenvalue weighted by Gasteiger charge is 2.39. The topological polar surface area (TPSA) is 75.2 Å². The van der Waals surface area contributed by atoms with E-state index in [0.29, 0.717) is 11.7 Å². The number of nitrogens with one attached hydrogen (secondary N) is 1. The summed E-state index contributed by atoms with van der Waals surface area (Å²) >= 11 is 1.35. The van der Waals surface area contributed by atoms with E-state index in [4.69, 9.17) is 0 Å². The summed E-state index contributed by atoms with van der Waals surface area (Å²) in [5.74, 6) is -0.673. The van der Waals surface area contributed by atoms with Crippen LogP contribution in [0.15, 0.2) is 54.6 Å². The molecule has 3 aromatic rings. The lowest BCUT2D eigenvalue weighted by Gasteiger charge is -2.32. The lowest BCUT2D eigenvalue weighted by atomic mass is 9.78. The molecule has 2 aliphatic rings. The molecule has 2 heterocycles. The van der Waals surface area contributed by atoms with Crippen molar-refractivity contribution >= 4 is 34.0 Å². The van der Waals surface area contributed by atoms with Crippen LogP contribution < -0.4 is 10.2 Å². The van der Waals surface area contributed by atoms with Crippen LogP contribution in [0.1, 0.15) is 31.2 Å². The fourth-order valence-electron chi connectivity index (χ4n) is 4.68. The summed E-state index contributed by atoms with van der Waals surface area (Å²) in [4.78, 5) is 28.5. The second-order valence-corrected chi connectivity index (χ2v) is 9.11. The number of carbonyl (C=O) groups is 2. The van der Waals surface area contributed by atoms with Crippen molar-refractivity contribution in [3.8, 4) is 10.6 Å². The van der Waals surface area contributed by atoms with Crippen molar-refractivity contribution in [3.05, 3.63) is 60.2 Å². The highest BCUT2D eigenvalue weighted by Crippen LogP contribution is 2.36. The molecule has 1 aromatic heterocycles. The van der Waals surface area contributed by atoms with Gasteiger partial charge in [0.05, 0.1) is 5.92 Å². The van der Waals surface area contributed by atoms with Gasteiger partial charge < -0.3 is 10.2 Å². The molecule has 6 nitrogen and oxygen atoms in total. The normalized spacial score (nSPS) is 20.3. The number of hydrogen-bond acceptors (Lipinski definition) is 5. The third-order valence-corrected chi connectivity index (χ3v) is 7.14. The number of amides is 2. The smallest absolute Gasteiger partial charge is 0.230 e. The molecule has 2 unspecified atom stereocenters. The fourth-order valence-corrected chi connectivity index (χ4v) is 5.43. The van der Waals surface area contributed by atoms with Gasteiger partial charge >= 0.3 is 0 Å². The van der Waals surface area contributed by atoms with Crippen LogP contribution in [0.3, 0.4) is 0 Å². The Morgan fingerprint density at radius 1 is 0.935 bits per heavy atom. The zero-order valence-corrected chi connectivity index (χ0v) is 18.0. The summed E-state index contributed by atoms with van der Waals surface area (Å²) in [6, 6.07) is 17.8. The minimum Gasteiger partial charge on any atom is -0.312 e. The molecule has 7 heteroatoms. The van der Waals surface area contributed by atoms with Gasteiger partial charge in [-0.3, -0.25) is 9.59 Å². The Labute approximate surface area is 185 Å². The molecule has 1 N–H and O–H groups in total. The van der Waals surface area contributed by atoms with E-state index in [-0.39, 0.29) is 23.7 Å². The molecular weight excluding hydrogens is 408 g/mol. The van der Waals surface area contributed by atoms with E-state index in [1.54, 1.807) is 0 Å². The van der Waals surface area contributed by atoms with Crippen molar-refractivity contribution in [2.45, 2.75) is 32.1 Å². The zero-order chi connectivity index (χ0) is 21.2. The first-order valence-electron chi connectivity index (χ1n) is 10.8. The van der Waals surface area contributed by atoms with Crippen molar-refractivity contribution < 1.29 is 9.59 Å².